The monoisotopic (exact) mass is 436 g/mol. The SMILES string of the molecule is O=C(NCc1cccnc1Oc1cccc(F)c1)Nc1ccccc1N1CCC(O)CC1. The minimum Gasteiger partial charge on any atom is -0.439 e. The van der Waals surface area contributed by atoms with E-state index >= 15 is 0 Å². The van der Waals surface area contributed by atoms with E-state index in [9.17, 15) is 14.3 Å². The van der Waals surface area contributed by atoms with Gasteiger partial charge in [-0.05, 0) is 43.2 Å². The van der Waals surface area contributed by atoms with Gasteiger partial charge in [0.25, 0.3) is 0 Å². The van der Waals surface area contributed by atoms with Crippen LogP contribution in [0.5, 0.6) is 11.6 Å². The Hall–Kier alpha value is -3.65. The molecule has 1 aliphatic heterocycles. The number of anilines is 2. The topological polar surface area (TPSA) is 86.7 Å². The highest BCUT2D eigenvalue weighted by atomic mass is 19.1. The van der Waals surface area contributed by atoms with Crippen LogP contribution in [0.3, 0.4) is 0 Å². The lowest BCUT2D eigenvalue weighted by atomic mass is 10.1. The number of benzene rings is 2. The Labute approximate surface area is 185 Å². The Balaban J connectivity index is 1.39. The van der Waals surface area contributed by atoms with Crippen molar-refractivity contribution < 1.29 is 19.0 Å². The number of aromatic nitrogens is 1. The number of aliphatic hydroxyl groups is 1. The van der Waals surface area contributed by atoms with Crippen LogP contribution in [0.4, 0.5) is 20.6 Å². The molecule has 2 heterocycles. The first-order chi connectivity index (χ1) is 15.6. The Morgan fingerprint density at radius 1 is 1.12 bits per heavy atom. The van der Waals surface area contributed by atoms with Crippen molar-refractivity contribution >= 4 is 17.4 Å². The Bertz CT molecular complexity index is 1070. The molecule has 2 amide bonds. The number of ether oxygens (including phenoxy) is 1. The third-order valence-corrected chi connectivity index (χ3v) is 5.26. The predicted molar refractivity (Wildman–Crippen MR) is 120 cm³/mol. The van der Waals surface area contributed by atoms with E-state index in [1.165, 1.54) is 12.1 Å². The zero-order valence-corrected chi connectivity index (χ0v) is 17.5. The number of halogens is 1. The van der Waals surface area contributed by atoms with Gasteiger partial charge in [0.15, 0.2) is 0 Å². The molecule has 3 aromatic rings. The van der Waals surface area contributed by atoms with Crippen molar-refractivity contribution in [2.24, 2.45) is 0 Å². The largest absolute Gasteiger partial charge is 0.439 e. The van der Waals surface area contributed by atoms with Gasteiger partial charge in [0, 0.05) is 37.5 Å². The Kier molecular flexibility index (Phi) is 6.81. The molecule has 0 atom stereocenters. The summed E-state index contributed by atoms with van der Waals surface area (Å²) >= 11 is 0. The number of piperidine rings is 1. The zero-order chi connectivity index (χ0) is 22.3. The quantitative estimate of drug-likeness (QED) is 0.537. The van der Waals surface area contributed by atoms with Crippen LogP contribution in [0.2, 0.25) is 0 Å². The predicted octanol–water partition coefficient (Wildman–Crippen LogP) is 4.30. The van der Waals surface area contributed by atoms with Crippen molar-refractivity contribution in [2.45, 2.75) is 25.5 Å². The van der Waals surface area contributed by atoms with Crippen molar-refractivity contribution in [3.8, 4) is 11.6 Å². The van der Waals surface area contributed by atoms with Crippen LogP contribution in [-0.4, -0.2) is 35.3 Å². The Morgan fingerprint density at radius 3 is 2.75 bits per heavy atom. The third kappa shape index (κ3) is 5.53. The summed E-state index contributed by atoms with van der Waals surface area (Å²) in [5.41, 5.74) is 2.28. The average molecular weight is 436 g/mol. The van der Waals surface area contributed by atoms with Crippen molar-refractivity contribution in [1.82, 2.24) is 10.3 Å². The summed E-state index contributed by atoms with van der Waals surface area (Å²) in [6.45, 7) is 1.65. The summed E-state index contributed by atoms with van der Waals surface area (Å²) in [6, 6.07) is 16.6. The number of rotatable bonds is 6. The highest BCUT2D eigenvalue weighted by Crippen LogP contribution is 2.28. The van der Waals surface area contributed by atoms with Gasteiger partial charge in [-0.1, -0.05) is 24.3 Å². The van der Waals surface area contributed by atoms with E-state index in [0.717, 1.165) is 18.8 Å². The molecule has 1 saturated heterocycles. The normalized spacial score (nSPS) is 14.1. The number of nitrogens with zero attached hydrogens (tertiary/aromatic N) is 2. The maximum Gasteiger partial charge on any atom is 0.319 e. The lowest BCUT2D eigenvalue weighted by molar-refractivity contribution is 0.145. The fourth-order valence-corrected chi connectivity index (χ4v) is 3.60. The second kappa shape index (κ2) is 10.1. The molecule has 8 heteroatoms. The fourth-order valence-electron chi connectivity index (χ4n) is 3.60. The van der Waals surface area contributed by atoms with Gasteiger partial charge in [0.2, 0.25) is 5.88 Å². The fraction of sp³-hybridized carbons (Fsp3) is 0.250. The van der Waals surface area contributed by atoms with Gasteiger partial charge in [-0.15, -0.1) is 0 Å². The van der Waals surface area contributed by atoms with Gasteiger partial charge in [-0.3, -0.25) is 0 Å². The van der Waals surface area contributed by atoms with Gasteiger partial charge >= 0.3 is 6.03 Å². The molecule has 32 heavy (non-hydrogen) atoms. The lowest BCUT2D eigenvalue weighted by Gasteiger charge is -2.32. The van der Waals surface area contributed by atoms with Crippen LogP contribution in [0.1, 0.15) is 18.4 Å². The molecule has 0 spiro atoms. The molecule has 166 valence electrons. The maximum absolute atomic E-state index is 13.4. The number of carbonyl (C=O) groups excluding carboxylic acids is 1. The van der Waals surface area contributed by atoms with E-state index in [-0.39, 0.29) is 18.7 Å². The van der Waals surface area contributed by atoms with Crippen LogP contribution >= 0.6 is 0 Å². The number of para-hydroxylation sites is 2. The van der Waals surface area contributed by atoms with Gasteiger partial charge in [0.05, 0.1) is 17.5 Å². The number of amides is 2. The molecule has 0 unspecified atom stereocenters. The molecule has 1 aliphatic rings. The third-order valence-electron chi connectivity index (χ3n) is 5.26. The molecular formula is C24H25FN4O3. The van der Waals surface area contributed by atoms with Crippen molar-refractivity contribution in [2.75, 3.05) is 23.3 Å². The lowest BCUT2D eigenvalue weighted by Crippen LogP contribution is -2.36. The first-order valence-electron chi connectivity index (χ1n) is 10.5. The molecule has 2 aromatic carbocycles. The van der Waals surface area contributed by atoms with Crippen LogP contribution in [0, 0.1) is 5.82 Å². The molecule has 0 radical (unpaired) electrons. The number of hydrogen-bond acceptors (Lipinski definition) is 5. The number of carbonyl (C=O) groups is 1. The minimum absolute atomic E-state index is 0.183. The first-order valence-corrected chi connectivity index (χ1v) is 10.5. The number of nitrogens with one attached hydrogen (secondary N) is 2. The zero-order valence-electron chi connectivity index (χ0n) is 17.5. The van der Waals surface area contributed by atoms with E-state index in [4.69, 9.17) is 4.74 Å². The second-order valence-corrected chi connectivity index (χ2v) is 7.57. The van der Waals surface area contributed by atoms with Gasteiger partial charge in [0.1, 0.15) is 11.6 Å². The number of hydrogen-bond donors (Lipinski definition) is 3. The molecule has 4 rings (SSSR count). The molecule has 0 aliphatic carbocycles. The number of pyridine rings is 1. The summed E-state index contributed by atoms with van der Waals surface area (Å²) in [5.74, 6) is 0.222. The summed E-state index contributed by atoms with van der Waals surface area (Å²) in [4.78, 5) is 19.0. The average Bonchev–Trinajstić information content (AvgIpc) is 2.80. The summed E-state index contributed by atoms with van der Waals surface area (Å²) in [6.07, 6.45) is 2.72. The first kappa shape index (κ1) is 21.6. The Morgan fingerprint density at radius 2 is 1.94 bits per heavy atom. The molecule has 3 N–H and O–H groups in total. The van der Waals surface area contributed by atoms with Crippen LogP contribution in [0.25, 0.3) is 0 Å². The maximum atomic E-state index is 13.4. The van der Waals surface area contributed by atoms with E-state index in [0.29, 0.717) is 35.7 Å². The van der Waals surface area contributed by atoms with Crippen LogP contribution in [0.15, 0.2) is 66.9 Å². The van der Waals surface area contributed by atoms with Crippen molar-refractivity contribution in [1.29, 1.82) is 0 Å². The van der Waals surface area contributed by atoms with E-state index in [1.54, 1.807) is 30.5 Å². The molecular weight excluding hydrogens is 411 g/mol. The summed E-state index contributed by atoms with van der Waals surface area (Å²) in [5, 5.41) is 15.5. The minimum atomic E-state index is -0.403. The summed E-state index contributed by atoms with van der Waals surface area (Å²) in [7, 11) is 0. The van der Waals surface area contributed by atoms with Crippen molar-refractivity contribution in [3.05, 3.63) is 78.2 Å². The number of urea groups is 1. The molecule has 0 bridgehead atoms. The van der Waals surface area contributed by atoms with E-state index < -0.39 is 5.82 Å². The van der Waals surface area contributed by atoms with Crippen molar-refractivity contribution in [3.63, 3.8) is 0 Å². The van der Waals surface area contributed by atoms with Gasteiger partial charge in [-0.2, -0.15) is 0 Å². The van der Waals surface area contributed by atoms with Gasteiger partial charge in [-0.25, -0.2) is 14.2 Å². The van der Waals surface area contributed by atoms with E-state index in [2.05, 4.69) is 20.5 Å². The molecule has 1 fully saturated rings. The standard InChI is InChI=1S/C24H25FN4O3/c25-18-6-3-7-20(15-18)32-23-17(5-4-12-26-23)16-27-24(31)28-21-8-1-2-9-22(21)29-13-10-19(30)11-14-29/h1-9,12,15,19,30H,10-11,13-14,16H2,(H2,27,28,31). The second-order valence-electron chi connectivity index (χ2n) is 7.57. The number of aliphatic hydroxyl groups excluding tert-OH is 1. The van der Waals surface area contributed by atoms with E-state index in [1.807, 2.05) is 24.3 Å². The van der Waals surface area contributed by atoms with Gasteiger partial charge < -0.3 is 25.4 Å². The molecule has 0 saturated carbocycles. The summed E-state index contributed by atoms with van der Waals surface area (Å²) < 4.78 is 19.1. The van der Waals surface area contributed by atoms with Crippen LogP contribution < -0.4 is 20.3 Å². The smallest absolute Gasteiger partial charge is 0.319 e. The highest BCUT2D eigenvalue weighted by Gasteiger charge is 2.20. The molecule has 7 nitrogen and oxygen atoms in total. The highest BCUT2D eigenvalue weighted by molar-refractivity contribution is 5.93. The molecule has 1 aromatic heterocycles. The van der Waals surface area contributed by atoms with Crippen LogP contribution in [-0.2, 0) is 6.54 Å².